The number of aromatic nitrogens is 8. The number of hydrogen-bond acceptors (Lipinski definition) is 12. The highest BCUT2D eigenvalue weighted by Crippen LogP contribution is 2.25. The molecule has 0 aliphatic carbocycles. The van der Waals surface area contributed by atoms with Gasteiger partial charge < -0.3 is 14.8 Å². The first-order valence-electron chi connectivity index (χ1n) is 14.9. The van der Waals surface area contributed by atoms with E-state index in [4.69, 9.17) is 14.8 Å². The van der Waals surface area contributed by atoms with Gasteiger partial charge in [-0.25, -0.2) is 9.97 Å². The van der Waals surface area contributed by atoms with Gasteiger partial charge in [-0.15, -0.1) is 0 Å². The van der Waals surface area contributed by atoms with E-state index in [-0.39, 0.29) is 5.54 Å². The van der Waals surface area contributed by atoms with Gasteiger partial charge in [0.2, 0.25) is 23.4 Å². The van der Waals surface area contributed by atoms with Crippen molar-refractivity contribution in [2.75, 3.05) is 14.1 Å². The van der Waals surface area contributed by atoms with Crippen LogP contribution in [0.5, 0.6) is 0 Å². The predicted molar refractivity (Wildman–Crippen MR) is 179 cm³/mol. The van der Waals surface area contributed by atoms with Gasteiger partial charge in [0.1, 0.15) is 22.8 Å². The number of rotatable bonds is 5. The van der Waals surface area contributed by atoms with Gasteiger partial charge in [-0.2, -0.15) is 9.97 Å². The van der Waals surface area contributed by atoms with Crippen LogP contribution in [0, 0.1) is 23.7 Å². The maximum absolute atomic E-state index is 5.93. The van der Waals surface area contributed by atoms with E-state index in [9.17, 15) is 0 Å². The average Bonchev–Trinajstić information content (AvgIpc) is 3.80. The van der Waals surface area contributed by atoms with Crippen molar-refractivity contribution >= 4 is 0 Å². The highest BCUT2D eigenvalue weighted by atomic mass is 16.5. The molecule has 12 nitrogen and oxygen atoms in total. The maximum atomic E-state index is 5.93. The third-order valence-electron chi connectivity index (χ3n) is 7.03. The van der Waals surface area contributed by atoms with Crippen molar-refractivity contribution in [1.82, 2.24) is 45.1 Å². The minimum Gasteiger partial charge on any atom is -0.337 e. The summed E-state index contributed by atoms with van der Waals surface area (Å²) in [6.45, 7) is 7.64. The molecule has 6 aromatic rings. The lowest BCUT2D eigenvalue weighted by Crippen LogP contribution is -2.35. The van der Waals surface area contributed by atoms with Crippen LogP contribution in [0.25, 0.3) is 23.0 Å². The molecule has 2 N–H and O–H groups in total. The summed E-state index contributed by atoms with van der Waals surface area (Å²) in [7, 11) is 3.94. The molecular weight excluding hydrogens is 604 g/mol. The predicted octanol–water partition coefficient (Wildman–Crippen LogP) is 4.84. The third-order valence-corrected chi connectivity index (χ3v) is 7.03. The summed E-state index contributed by atoms with van der Waals surface area (Å²) < 4.78 is 10.6. The van der Waals surface area contributed by atoms with Gasteiger partial charge in [-0.3, -0.25) is 14.9 Å². The van der Waals surface area contributed by atoms with Crippen LogP contribution in [0.3, 0.4) is 0 Å². The maximum Gasteiger partial charge on any atom is 0.246 e. The molecule has 0 spiro atoms. The van der Waals surface area contributed by atoms with E-state index in [1.165, 1.54) is 0 Å². The van der Waals surface area contributed by atoms with Crippen molar-refractivity contribution in [1.29, 1.82) is 0 Å². The van der Waals surface area contributed by atoms with Crippen molar-refractivity contribution in [2.24, 2.45) is 5.73 Å². The Labute approximate surface area is 278 Å². The molecule has 0 saturated carbocycles. The zero-order valence-electron chi connectivity index (χ0n) is 27.5. The molecule has 0 fully saturated rings. The fraction of sp³-hybridized carbons (Fsp3) is 0.222. The molecule has 0 aliphatic heterocycles. The van der Waals surface area contributed by atoms with Gasteiger partial charge in [0, 0.05) is 35.9 Å². The van der Waals surface area contributed by atoms with Crippen molar-refractivity contribution in [3.8, 4) is 46.7 Å². The Kier molecular flexibility index (Phi) is 10.1. The van der Waals surface area contributed by atoms with Gasteiger partial charge in [-0.1, -0.05) is 34.3 Å². The first-order valence-corrected chi connectivity index (χ1v) is 14.9. The Morgan fingerprint density at radius 2 is 1.08 bits per heavy atom. The molecule has 12 heteroatoms. The summed E-state index contributed by atoms with van der Waals surface area (Å²) in [6, 6.07) is 18.6. The Hall–Kier alpha value is -6.08. The van der Waals surface area contributed by atoms with Crippen LogP contribution >= 0.6 is 0 Å². The lowest BCUT2D eigenvalue weighted by molar-refractivity contribution is 0.143. The van der Waals surface area contributed by atoms with Crippen LogP contribution < -0.4 is 5.73 Å². The Bertz CT molecular complexity index is 2060. The smallest absolute Gasteiger partial charge is 0.246 e. The molecule has 0 aromatic carbocycles. The molecule has 48 heavy (non-hydrogen) atoms. The van der Waals surface area contributed by atoms with Crippen LogP contribution in [-0.4, -0.2) is 59.2 Å². The van der Waals surface area contributed by atoms with Crippen molar-refractivity contribution < 1.29 is 9.05 Å². The third kappa shape index (κ3) is 8.59. The molecule has 240 valence electrons. The van der Waals surface area contributed by atoms with Crippen molar-refractivity contribution in [2.45, 2.75) is 38.8 Å². The first kappa shape index (κ1) is 33.3. The molecular formula is C36H34N10O2. The number of hydrogen-bond donors (Lipinski definition) is 1. The SMILES string of the molecule is CC(C)(N)c1nc(-c2ccc(C#Cc3ccccn3)cn2)no1.CN(C)C(C)(C)c1nc(-c2ccc(C#Cc3ccccn3)cn2)no1. The number of nitrogens with zero attached hydrogens (tertiary/aromatic N) is 9. The van der Waals surface area contributed by atoms with Crippen LogP contribution in [0.15, 0.2) is 94.5 Å². The summed E-state index contributed by atoms with van der Waals surface area (Å²) in [5.74, 6) is 13.8. The van der Waals surface area contributed by atoms with E-state index >= 15 is 0 Å². The summed E-state index contributed by atoms with van der Waals surface area (Å²) in [5, 5.41) is 7.94. The Morgan fingerprint density at radius 1 is 0.604 bits per heavy atom. The second-order valence-corrected chi connectivity index (χ2v) is 11.8. The highest BCUT2D eigenvalue weighted by molar-refractivity contribution is 5.51. The average molecular weight is 639 g/mol. The minimum atomic E-state index is -0.681. The second-order valence-electron chi connectivity index (χ2n) is 11.8. The van der Waals surface area contributed by atoms with Crippen LogP contribution in [0.4, 0.5) is 0 Å². The van der Waals surface area contributed by atoms with Gasteiger partial charge in [-0.05, 0) is 102 Å². The largest absolute Gasteiger partial charge is 0.337 e. The highest BCUT2D eigenvalue weighted by Gasteiger charge is 2.30. The van der Waals surface area contributed by atoms with E-state index in [2.05, 4.69) is 63.9 Å². The minimum absolute atomic E-state index is 0.348. The van der Waals surface area contributed by atoms with E-state index in [0.29, 0.717) is 40.5 Å². The molecule has 0 atom stereocenters. The standard InChI is InChI=1S/C19H19N5O.C17H15N5O/c1-19(2,24(3)4)18-22-17(23-25-18)16-11-9-14(13-21-16)8-10-15-7-5-6-12-20-15;1-17(2,18)16-21-15(22-23-16)14-9-7-12(11-20-14)6-8-13-5-3-4-10-19-13/h5-7,9,11-13H,1-4H3;3-5,7,9-11H,18H2,1-2H3. The number of nitrogens with two attached hydrogens (primary N) is 1. The topological polar surface area (TPSA) is 159 Å². The quantitative estimate of drug-likeness (QED) is 0.256. The summed E-state index contributed by atoms with van der Waals surface area (Å²) in [4.78, 5) is 27.8. The van der Waals surface area contributed by atoms with E-state index in [0.717, 1.165) is 16.8 Å². The Balaban J connectivity index is 0.000000188. The molecule has 0 amide bonds. The molecule has 0 radical (unpaired) electrons. The lowest BCUT2D eigenvalue weighted by Gasteiger charge is -2.27. The van der Waals surface area contributed by atoms with E-state index in [1.807, 2.05) is 87.4 Å². The fourth-order valence-corrected chi connectivity index (χ4v) is 3.70. The van der Waals surface area contributed by atoms with Crippen molar-refractivity contribution in [3.05, 3.63) is 120 Å². The van der Waals surface area contributed by atoms with Crippen LogP contribution in [0.1, 0.15) is 62.0 Å². The van der Waals surface area contributed by atoms with Gasteiger partial charge >= 0.3 is 0 Å². The summed E-state index contributed by atoms with van der Waals surface area (Å²) >= 11 is 0. The molecule has 0 saturated heterocycles. The molecule has 0 aliphatic rings. The van der Waals surface area contributed by atoms with E-state index < -0.39 is 5.54 Å². The van der Waals surface area contributed by atoms with Gasteiger partial charge in [0.15, 0.2) is 0 Å². The van der Waals surface area contributed by atoms with Crippen LogP contribution in [-0.2, 0) is 11.1 Å². The number of pyridine rings is 4. The van der Waals surface area contributed by atoms with Gasteiger partial charge in [0.25, 0.3) is 0 Å². The van der Waals surface area contributed by atoms with Gasteiger partial charge in [0.05, 0.1) is 11.1 Å². The first-order chi connectivity index (χ1) is 23.0. The molecule has 0 bridgehead atoms. The zero-order valence-corrected chi connectivity index (χ0v) is 27.5. The molecule has 0 unspecified atom stereocenters. The van der Waals surface area contributed by atoms with Crippen molar-refractivity contribution in [3.63, 3.8) is 0 Å². The molecule has 6 heterocycles. The lowest BCUT2D eigenvalue weighted by atomic mass is 10.0. The fourth-order valence-electron chi connectivity index (χ4n) is 3.70. The Morgan fingerprint density at radius 3 is 1.46 bits per heavy atom. The van der Waals surface area contributed by atoms with E-state index in [1.54, 1.807) is 44.7 Å². The normalized spacial score (nSPS) is 11.1. The summed E-state index contributed by atoms with van der Waals surface area (Å²) in [6.07, 6.45) is 6.78. The second kappa shape index (κ2) is 14.6. The monoisotopic (exact) mass is 638 g/mol. The van der Waals surface area contributed by atoms with Crippen LogP contribution in [0.2, 0.25) is 0 Å². The molecule has 6 aromatic heterocycles. The summed E-state index contributed by atoms with van der Waals surface area (Å²) in [5.41, 5.74) is 9.16. The molecule has 6 rings (SSSR count). The zero-order chi connectivity index (χ0) is 34.1.